The van der Waals surface area contributed by atoms with Crippen molar-refractivity contribution in [3.8, 4) is 0 Å². The highest BCUT2D eigenvalue weighted by Gasteiger charge is 2.33. The number of nitrogens with zero attached hydrogens (tertiary/aromatic N) is 5. The molecular formula is C16H23N5O. The van der Waals surface area contributed by atoms with E-state index in [1.165, 1.54) is 36.9 Å². The third-order valence-electron chi connectivity index (χ3n) is 5.01. The molecule has 22 heavy (non-hydrogen) atoms. The summed E-state index contributed by atoms with van der Waals surface area (Å²) in [6.45, 7) is 6.10. The van der Waals surface area contributed by atoms with Gasteiger partial charge in [-0.2, -0.15) is 5.10 Å². The van der Waals surface area contributed by atoms with Crippen molar-refractivity contribution in [3.63, 3.8) is 0 Å². The number of aryl methyl sites for hydroxylation is 2. The van der Waals surface area contributed by atoms with Crippen LogP contribution in [0, 0.1) is 13.8 Å². The monoisotopic (exact) mass is 301 g/mol. The zero-order chi connectivity index (χ0) is 15.3. The molecule has 118 valence electrons. The van der Waals surface area contributed by atoms with Gasteiger partial charge in [0.15, 0.2) is 0 Å². The van der Waals surface area contributed by atoms with E-state index in [0.717, 1.165) is 30.6 Å². The molecule has 4 rings (SSSR count). The Hall–Kier alpha value is -1.69. The third kappa shape index (κ3) is 2.35. The van der Waals surface area contributed by atoms with Crippen LogP contribution in [0.15, 0.2) is 4.42 Å². The van der Waals surface area contributed by atoms with Gasteiger partial charge in [0.05, 0.1) is 12.2 Å². The fourth-order valence-electron chi connectivity index (χ4n) is 3.61. The van der Waals surface area contributed by atoms with E-state index in [4.69, 9.17) is 4.42 Å². The minimum absolute atomic E-state index is 0.421. The average molecular weight is 301 g/mol. The van der Waals surface area contributed by atoms with E-state index in [2.05, 4.69) is 34.0 Å². The normalized spacial score (nSPS) is 22.6. The maximum Gasteiger partial charge on any atom is 0.230 e. The summed E-state index contributed by atoms with van der Waals surface area (Å²) in [7, 11) is 2.02. The van der Waals surface area contributed by atoms with Crippen molar-refractivity contribution in [3.05, 3.63) is 28.7 Å². The Labute approximate surface area is 130 Å². The van der Waals surface area contributed by atoms with Crippen LogP contribution in [0.1, 0.15) is 66.4 Å². The van der Waals surface area contributed by atoms with Crippen LogP contribution in [0.3, 0.4) is 0 Å². The van der Waals surface area contributed by atoms with Gasteiger partial charge in [-0.25, -0.2) is 0 Å². The fraction of sp³-hybridized carbons (Fsp3) is 0.688. The molecule has 0 radical (unpaired) electrons. The lowest BCUT2D eigenvalue weighted by molar-refractivity contribution is 0.220. The molecule has 2 fully saturated rings. The van der Waals surface area contributed by atoms with Crippen molar-refractivity contribution in [2.45, 2.75) is 58.0 Å². The van der Waals surface area contributed by atoms with Gasteiger partial charge in [0.25, 0.3) is 0 Å². The van der Waals surface area contributed by atoms with Crippen LogP contribution in [0.2, 0.25) is 0 Å². The first kappa shape index (κ1) is 13.9. The van der Waals surface area contributed by atoms with Crippen LogP contribution in [0.25, 0.3) is 0 Å². The lowest BCUT2D eigenvalue weighted by Crippen LogP contribution is -2.23. The second-order valence-corrected chi connectivity index (χ2v) is 6.64. The SMILES string of the molecule is Cc1nn(C)c(C)c1C1CCCN1Cc1nnc(C2CC2)o1. The zero-order valence-corrected chi connectivity index (χ0v) is 13.5. The smallest absolute Gasteiger partial charge is 0.230 e. The first-order chi connectivity index (χ1) is 10.6. The van der Waals surface area contributed by atoms with E-state index in [0.29, 0.717) is 12.0 Å². The van der Waals surface area contributed by atoms with Crippen LogP contribution >= 0.6 is 0 Å². The molecule has 2 aromatic heterocycles. The molecule has 1 atom stereocenters. The van der Waals surface area contributed by atoms with Crippen LogP contribution in [-0.4, -0.2) is 31.4 Å². The second kappa shape index (κ2) is 5.19. The molecule has 6 heteroatoms. The predicted octanol–water partition coefficient (Wildman–Crippen LogP) is 2.63. The summed E-state index contributed by atoms with van der Waals surface area (Å²) in [6, 6.07) is 0.421. The lowest BCUT2D eigenvalue weighted by Gasteiger charge is -2.23. The predicted molar refractivity (Wildman–Crippen MR) is 81.3 cm³/mol. The van der Waals surface area contributed by atoms with Gasteiger partial charge in [-0.15, -0.1) is 10.2 Å². The Morgan fingerprint density at radius 2 is 2.00 bits per heavy atom. The highest BCUT2D eigenvalue weighted by atomic mass is 16.4. The molecule has 1 saturated carbocycles. The van der Waals surface area contributed by atoms with E-state index in [9.17, 15) is 0 Å². The van der Waals surface area contributed by atoms with E-state index in [1.807, 2.05) is 11.7 Å². The van der Waals surface area contributed by atoms with Crippen molar-refractivity contribution in [2.75, 3.05) is 6.54 Å². The molecule has 1 unspecified atom stereocenters. The van der Waals surface area contributed by atoms with Crippen molar-refractivity contribution >= 4 is 0 Å². The highest BCUT2D eigenvalue weighted by Crippen LogP contribution is 2.40. The number of aromatic nitrogens is 4. The van der Waals surface area contributed by atoms with Crippen LogP contribution < -0.4 is 0 Å². The fourth-order valence-corrected chi connectivity index (χ4v) is 3.61. The Bertz CT molecular complexity index is 685. The molecule has 0 spiro atoms. The van der Waals surface area contributed by atoms with Gasteiger partial charge < -0.3 is 4.42 Å². The first-order valence-corrected chi connectivity index (χ1v) is 8.20. The van der Waals surface area contributed by atoms with Crippen molar-refractivity contribution in [1.82, 2.24) is 24.9 Å². The molecule has 1 aliphatic carbocycles. The topological polar surface area (TPSA) is 60.0 Å². The molecule has 0 amide bonds. The molecule has 0 aromatic carbocycles. The largest absolute Gasteiger partial charge is 0.424 e. The molecule has 3 heterocycles. The van der Waals surface area contributed by atoms with Crippen LogP contribution in [0.4, 0.5) is 0 Å². The van der Waals surface area contributed by atoms with Crippen LogP contribution in [-0.2, 0) is 13.6 Å². The Kier molecular flexibility index (Phi) is 3.29. The Morgan fingerprint density at radius 3 is 2.68 bits per heavy atom. The van der Waals surface area contributed by atoms with E-state index >= 15 is 0 Å². The Balaban J connectivity index is 1.55. The quantitative estimate of drug-likeness (QED) is 0.869. The van der Waals surface area contributed by atoms with Gasteiger partial charge in [-0.1, -0.05) is 0 Å². The van der Waals surface area contributed by atoms with Gasteiger partial charge in [0.1, 0.15) is 0 Å². The molecule has 1 aliphatic heterocycles. The third-order valence-corrected chi connectivity index (χ3v) is 5.01. The summed E-state index contributed by atoms with van der Waals surface area (Å²) < 4.78 is 7.82. The molecular weight excluding hydrogens is 278 g/mol. The Morgan fingerprint density at radius 1 is 1.18 bits per heavy atom. The first-order valence-electron chi connectivity index (χ1n) is 8.20. The van der Waals surface area contributed by atoms with Crippen molar-refractivity contribution < 1.29 is 4.42 Å². The summed E-state index contributed by atoms with van der Waals surface area (Å²) in [5.74, 6) is 2.12. The van der Waals surface area contributed by atoms with E-state index in [-0.39, 0.29) is 0 Å². The minimum Gasteiger partial charge on any atom is -0.424 e. The molecule has 2 aromatic rings. The summed E-state index contributed by atoms with van der Waals surface area (Å²) >= 11 is 0. The molecule has 1 saturated heterocycles. The summed E-state index contributed by atoms with van der Waals surface area (Å²) in [6.07, 6.45) is 4.78. The summed E-state index contributed by atoms with van der Waals surface area (Å²) in [5.41, 5.74) is 3.78. The molecule has 2 aliphatic rings. The minimum atomic E-state index is 0.421. The highest BCUT2D eigenvalue weighted by molar-refractivity contribution is 5.29. The van der Waals surface area contributed by atoms with Gasteiger partial charge >= 0.3 is 0 Å². The summed E-state index contributed by atoms with van der Waals surface area (Å²) in [4.78, 5) is 2.46. The van der Waals surface area contributed by atoms with Gasteiger partial charge in [-0.05, 0) is 46.1 Å². The van der Waals surface area contributed by atoms with Crippen molar-refractivity contribution in [1.29, 1.82) is 0 Å². The van der Waals surface area contributed by atoms with E-state index in [1.54, 1.807) is 0 Å². The number of hydrogen-bond donors (Lipinski definition) is 0. The summed E-state index contributed by atoms with van der Waals surface area (Å²) in [5, 5.41) is 13.0. The molecule has 0 bridgehead atoms. The molecule has 0 N–H and O–H groups in total. The number of likely N-dealkylation sites (tertiary alicyclic amines) is 1. The maximum atomic E-state index is 5.83. The van der Waals surface area contributed by atoms with Crippen LogP contribution in [0.5, 0.6) is 0 Å². The van der Waals surface area contributed by atoms with Gasteiger partial charge in [0.2, 0.25) is 11.8 Å². The van der Waals surface area contributed by atoms with E-state index < -0.39 is 0 Å². The van der Waals surface area contributed by atoms with Gasteiger partial charge in [-0.3, -0.25) is 9.58 Å². The average Bonchev–Trinajstić information content (AvgIpc) is 2.98. The van der Waals surface area contributed by atoms with Gasteiger partial charge in [0, 0.05) is 30.3 Å². The zero-order valence-electron chi connectivity index (χ0n) is 13.5. The maximum absolute atomic E-state index is 5.83. The second-order valence-electron chi connectivity index (χ2n) is 6.64. The standard InChI is InChI=1S/C16H23N5O/c1-10-15(11(2)20(3)19-10)13-5-4-8-21(13)9-14-17-18-16(22-14)12-6-7-12/h12-13H,4-9H2,1-3H3. The molecule has 6 nitrogen and oxygen atoms in total. The number of hydrogen-bond acceptors (Lipinski definition) is 5. The number of rotatable bonds is 4. The lowest BCUT2D eigenvalue weighted by atomic mass is 10.0. The van der Waals surface area contributed by atoms with Crippen molar-refractivity contribution in [2.24, 2.45) is 7.05 Å².